The van der Waals surface area contributed by atoms with Crippen molar-refractivity contribution < 1.29 is 9.53 Å². The molecule has 1 N–H and O–H groups in total. The van der Waals surface area contributed by atoms with Crippen molar-refractivity contribution in [1.29, 1.82) is 0 Å². The van der Waals surface area contributed by atoms with Crippen LogP contribution < -0.4 is 5.32 Å². The lowest BCUT2D eigenvalue weighted by molar-refractivity contribution is 0.0515. The highest BCUT2D eigenvalue weighted by Gasteiger charge is 2.27. The van der Waals surface area contributed by atoms with Gasteiger partial charge in [-0.3, -0.25) is 0 Å². The van der Waals surface area contributed by atoms with E-state index in [1.165, 1.54) is 0 Å². The Balaban J connectivity index is 2.16. The molecule has 0 saturated carbocycles. The summed E-state index contributed by atoms with van der Waals surface area (Å²) in [5.74, 6) is 0.886. The molecule has 0 spiro atoms. The summed E-state index contributed by atoms with van der Waals surface area (Å²) >= 11 is 6.30. The molecule has 1 saturated heterocycles. The van der Waals surface area contributed by atoms with Crippen LogP contribution in [0.2, 0.25) is 5.15 Å². The number of nitrogens with zero attached hydrogens (tertiary/aromatic N) is 2. The van der Waals surface area contributed by atoms with Crippen LogP contribution in [0.25, 0.3) is 0 Å². The molecule has 0 aliphatic carbocycles. The molecule has 2 heterocycles. The SMILES string of the molecule is CC1CNCC(c2cnn(C(=O)OC(C)(C)C)c2Cl)C1. The number of piperidine rings is 1. The molecule has 2 atom stereocenters. The van der Waals surface area contributed by atoms with E-state index in [9.17, 15) is 4.79 Å². The van der Waals surface area contributed by atoms with E-state index < -0.39 is 11.7 Å². The number of ether oxygens (including phenoxy) is 1. The lowest BCUT2D eigenvalue weighted by Crippen LogP contribution is -2.33. The molecule has 1 aliphatic heterocycles. The molecule has 1 aliphatic rings. The van der Waals surface area contributed by atoms with Gasteiger partial charge < -0.3 is 10.1 Å². The number of hydrogen-bond acceptors (Lipinski definition) is 4. The molecule has 1 fully saturated rings. The Hall–Kier alpha value is -1.07. The Morgan fingerprint density at radius 3 is 2.80 bits per heavy atom. The van der Waals surface area contributed by atoms with Crippen LogP contribution in [0.1, 0.15) is 45.6 Å². The summed E-state index contributed by atoms with van der Waals surface area (Å²) in [6, 6.07) is 0. The maximum Gasteiger partial charge on any atom is 0.436 e. The Labute approximate surface area is 124 Å². The van der Waals surface area contributed by atoms with Gasteiger partial charge >= 0.3 is 6.09 Å². The average molecular weight is 300 g/mol. The first kappa shape index (κ1) is 15.3. The number of hydrogen-bond donors (Lipinski definition) is 1. The molecular formula is C14H22ClN3O2. The number of carbonyl (C=O) groups is 1. The van der Waals surface area contributed by atoms with E-state index in [0.717, 1.165) is 29.8 Å². The van der Waals surface area contributed by atoms with E-state index >= 15 is 0 Å². The summed E-state index contributed by atoms with van der Waals surface area (Å²) in [6.07, 6.45) is 2.19. The summed E-state index contributed by atoms with van der Waals surface area (Å²) in [5, 5.41) is 7.82. The van der Waals surface area contributed by atoms with Gasteiger partial charge in [-0.25, -0.2) is 4.79 Å². The minimum atomic E-state index is -0.562. The van der Waals surface area contributed by atoms with Crippen molar-refractivity contribution in [2.24, 2.45) is 5.92 Å². The van der Waals surface area contributed by atoms with Crippen LogP contribution >= 0.6 is 11.6 Å². The van der Waals surface area contributed by atoms with Gasteiger partial charge in [-0.2, -0.15) is 9.78 Å². The molecule has 0 radical (unpaired) electrons. The lowest BCUT2D eigenvalue weighted by Gasteiger charge is -2.27. The maximum absolute atomic E-state index is 12.0. The summed E-state index contributed by atoms with van der Waals surface area (Å²) in [6.45, 7) is 9.53. The van der Waals surface area contributed by atoms with Gasteiger partial charge in [0.2, 0.25) is 0 Å². The minimum absolute atomic E-state index is 0.294. The fourth-order valence-corrected chi connectivity index (χ4v) is 2.76. The number of nitrogens with one attached hydrogen (secondary N) is 1. The maximum atomic E-state index is 12.0. The van der Waals surface area contributed by atoms with Gasteiger partial charge in [0.15, 0.2) is 0 Å². The molecular weight excluding hydrogens is 278 g/mol. The van der Waals surface area contributed by atoms with E-state index in [1.807, 2.05) is 20.8 Å². The fourth-order valence-electron chi connectivity index (χ4n) is 2.45. The lowest BCUT2D eigenvalue weighted by atomic mass is 9.88. The smallest absolute Gasteiger partial charge is 0.436 e. The third-order valence-electron chi connectivity index (χ3n) is 3.31. The Bertz CT molecular complexity index is 493. The molecule has 6 heteroatoms. The van der Waals surface area contributed by atoms with Crippen molar-refractivity contribution in [3.05, 3.63) is 16.9 Å². The highest BCUT2D eigenvalue weighted by atomic mass is 35.5. The Kier molecular flexibility index (Phi) is 4.39. The summed E-state index contributed by atoms with van der Waals surface area (Å²) < 4.78 is 6.43. The molecule has 112 valence electrons. The van der Waals surface area contributed by atoms with E-state index in [0.29, 0.717) is 17.0 Å². The predicted molar refractivity (Wildman–Crippen MR) is 78.3 cm³/mol. The van der Waals surface area contributed by atoms with Crippen molar-refractivity contribution >= 4 is 17.7 Å². The van der Waals surface area contributed by atoms with Crippen molar-refractivity contribution in [3.63, 3.8) is 0 Å². The highest BCUT2D eigenvalue weighted by Crippen LogP contribution is 2.31. The number of carbonyl (C=O) groups excluding carboxylic acids is 1. The molecule has 2 unspecified atom stereocenters. The third kappa shape index (κ3) is 3.52. The molecule has 1 aromatic heterocycles. The van der Waals surface area contributed by atoms with Crippen molar-refractivity contribution in [2.45, 2.75) is 45.6 Å². The molecule has 20 heavy (non-hydrogen) atoms. The summed E-state index contributed by atoms with van der Waals surface area (Å²) in [5.41, 5.74) is 0.351. The topological polar surface area (TPSA) is 56.2 Å². The molecule has 0 aromatic carbocycles. The normalized spacial score (nSPS) is 23.6. The van der Waals surface area contributed by atoms with Crippen molar-refractivity contribution in [3.8, 4) is 0 Å². The van der Waals surface area contributed by atoms with E-state index in [2.05, 4.69) is 17.3 Å². The second-order valence-electron chi connectivity index (χ2n) is 6.48. The first-order valence-corrected chi connectivity index (χ1v) is 7.33. The van der Waals surface area contributed by atoms with Crippen LogP contribution in [0.4, 0.5) is 4.79 Å². The van der Waals surface area contributed by atoms with Crippen LogP contribution in [0.5, 0.6) is 0 Å². The van der Waals surface area contributed by atoms with Crippen molar-refractivity contribution in [1.82, 2.24) is 15.1 Å². The zero-order chi connectivity index (χ0) is 14.9. The van der Waals surface area contributed by atoms with Gasteiger partial charge in [0.25, 0.3) is 0 Å². The number of aromatic nitrogens is 2. The first-order valence-electron chi connectivity index (χ1n) is 6.95. The molecule has 0 amide bonds. The van der Waals surface area contributed by atoms with Gasteiger partial charge in [-0.05, 0) is 39.7 Å². The second kappa shape index (κ2) is 5.74. The van der Waals surface area contributed by atoms with Gasteiger partial charge in [0, 0.05) is 18.0 Å². The zero-order valence-corrected chi connectivity index (χ0v) is 13.2. The van der Waals surface area contributed by atoms with Crippen molar-refractivity contribution in [2.75, 3.05) is 13.1 Å². The average Bonchev–Trinajstić information content (AvgIpc) is 2.69. The van der Waals surface area contributed by atoms with Crippen LogP contribution in [-0.4, -0.2) is 34.6 Å². The number of halogens is 1. The van der Waals surface area contributed by atoms with Gasteiger partial charge in [-0.1, -0.05) is 18.5 Å². The largest absolute Gasteiger partial charge is 0.442 e. The fraction of sp³-hybridized carbons (Fsp3) is 0.714. The first-order chi connectivity index (χ1) is 9.28. The molecule has 2 rings (SSSR count). The van der Waals surface area contributed by atoms with Crippen LogP contribution in [0.15, 0.2) is 6.20 Å². The molecule has 5 nitrogen and oxygen atoms in total. The molecule has 1 aromatic rings. The summed E-state index contributed by atoms with van der Waals surface area (Å²) in [4.78, 5) is 12.0. The summed E-state index contributed by atoms with van der Waals surface area (Å²) in [7, 11) is 0. The van der Waals surface area contributed by atoms with Crippen LogP contribution in [0, 0.1) is 5.92 Å². The van der Waals surface area contributed by atoms with Gasteiger partial charge in [0.1, 0.15) is 10.8 Å². The second-order valence-corrected chi connectivity index (χ2v) is 6.84. The van der Waals surface area contributed by atoms with Crippen LogP contribution in [0.3, 0.4) is 0 Å². The molecule has 0 bridgehead atoms. The quantitative estimate of drug-likeness (QED) is 0.866. The monoisotopic (exact) mass is 299 g/mol. The van der Waals surface area contributed by atoms with E-state index in [4.69, 9.17) is 16.3 Å². The standard InChI is InChI=1S/C14H22ClN3O2/c1-9-5-10(7-16-6-9)11-8-17-18(12(11)15)13(19)20-14(2,3)4/h8-10,16H,5-7H2,1-4H3. The van der Waals surface area contributed by atoms with Crippen LogP contribution in [-0.2, 0) is 4.74 Å². The predicted octanol–water partition coefficient (Wildman–Crippen LogP) is 3.03. The van der Waals surface area contributed by atoms with Gasteiger partial charge in [-0.15, -0.1) is 0 Å². The third-order valence-corrected chi connectivity index (χ3v) is 3.69. The Morgan fingerprint density at radius 2 is 2.20 bits per heavy atom. The minimum Gasteiger partial charge on any atom is -0.442 e. The van der Waals surface area contributed by atoms with E-state index in [-0.39, 0.29) is 0 Å². The Morgan fingerprint density at radius 1 is 1.50 bits per heavy atom. The van der Waals surface area contributed by atoms with Gasteiger partial charge in [0.05, 0.1) is 6.20 Å². The zero-order valence-electron chi connectivity index (χ0n) is 12.4. The highest BCUT2D eigenvalue weighted by molar-refractivity contribution is 6.31. The van der Waals surface area contributed by atoms with E-state index in [1.54, 1.807) is 6.20 Å². The number of rotatable bonds is 1.